The van der Waals surface area contributed by atoms with Crippen molar-refractivity contribution in [3.63, 3.8) is 0 Å². The van der Waals surface area contributed by atoms with Gasteiger partial charge in [0.2, 0.25) is 0 Å². The van der Waals surface area contributed by atoms with Gasteiger partial charge in [-0.05, 0) is 0 Å². The second-order valence-corrected chi connectivity index (χ2v) is 6.13. The van der Waals surface area contributed by atoms with Crippen molar-refractivity contribution in [2.45, 2.75) is 19.4 Å². The molecule has 0 spiro atoms. The zero-order chi connectivity index (χ0) is 11.4. The van der Waals surface area contributed by atoms with Crippen LogP contribution in [0.25, 0.3) is 0 Å². The fourth-order valence-corrected chi connectivity index (χ4v) is 2.96. The number of thiazole rings is 2. The topological polar surface area (TPSA) is 37.8 Å². The van der Waals surface area contributed by atoms with Crippen molar-refractivity contribution in [3.05, 3.63) is 32.1 Å². The molecule has 0 bridgehead atoms. The van der Waals surface area contributed by atoms with E-state index in [4.69, 9.17) is 11.6 Å². The third-order valence-corrected chi connectivity index (χ3v) is 4.25. The first-order chi connectivity index (χ1) is 7.75. The van der Waals surface area contributed by atoms with Gasteiger partial charge in [0.1, 0.15) is 9.34 Å². The van der Waals surface area contributed by atoms with Crippen LogP contribution in [-0.4, -0.2) is 16.5 Å². The van der Waals surface area contributed by atoms with Crippen LogP contribution in [0.5, 0.6) is 0 Å². The summed E-state index contributed by atoms with van der Waals surface area (Å²) in [6.45, 7) is 3.85. The van der Waals surface area contributed by atoms with Crippen LogP contribution in [0.2, 0.25) is 4.34 Å². The molecule has 2 heterocycles. The summed E-state index contributed by atoms with van der Waals surface area (Å²) in [4.78, 5) is 8.48. The lowest BCUT2D eigenvalue weighted by molar-refractivity contribution is 0.611. The molecule has 0 aliphatic heterocycles. The minimum Gasteiger partial charge on any atom is -0.310 e. The molecule has 16 heavy (non-hydrogen) atoms. The maximum Gasteiger partial charge on any atom is 0.113 e. The molecule has 0 saturated heterocycles. The molecule has 0 amide bonds. The minimum atomic E-state index is 0.440. The Morgan fingerprint density at radius 1 is 1.50 bits per heavy atom. The van der Waals surface area contributed by atoms with Gasteiger partial charge in [0.25, 0.3) is 0 Å². The molecular formula is C10H12ClN3S2. The first-order valence-electron chi connectivity index (χ1n) is 4.96. The third kappa shape index (κ3) is 3.25. The summed E-state index contributed by atoms with van der Waals surface area (Å²) >= 11 is 9.01. The van der Waals surface area contributed by atoms with Gasteiger partial charge in [-0.2, -0.15) is 0 Å². The van der Waals surface area contributed by atoms with E-state index in [0.717, 1.165) is 22.4 Å². The molecule has 0 aliphatic carbocycles. The monoisotopic (exact) mass is 273 g/mol. The highest BCUT2D eigenvalue weighted by Crippen LogP contribution is 2.19. The van der Waals surface area contributed by atoms with Gasteiger partial charge >= 0.3 is 0 Å². The van der Waals surface area contributed by atoms with Crippen molar-refractivity contribution in [2.24, 2.45) is 0 Å². The Morgan fingerprint density at radius 2 is 2.38 bits per heavy atom. The fraction of sp³-hybridized carbons (Fsp3) is 0.400. The number of halogens is 1. The van der Waals surface area contributed by atoms with E-state index in [1.54, 1.807) is 17.5 Å². The smallest absolute Gasteiger partial charge is 0.113 e. The Hall–Kier alpha value is -0.490. The Morgan fingerprint density at radius 3 is 3.00 bits per heavy atom. The highest BCUT2D eigenvalue weighted by Gasteiger charge is 2.07. The standard InChI is InChI=1S/C10H12ClN3S2/c1-7(10-13-2-3-15-10)4-12-6-9-14-5-8(11)16-9/h2-3,5,7,12H,4,6H2,1H3. The van der Waals surface area contributed by atoms with Crippen molar-refractivity contribution in [1.29, 1.82) is 0 Å². The Labute approximate surface area is 108 Å². The van der Waals surface area contributed by atoms with Gasteiger partial charge in [-0.3, -0.25) is 0 Å². The quantitative estimate of drug-likeness (QED) is 0.909. The molecule has 2 aromatic heterocycles. The number of nitrogens with zero attached hydrogens (tertiary/aromatic N) is 2. The van der Waals surface area contributed by atoms with E-state index >= 15 is 0 Å². The van der Waals surface area contributed by atoms with E-state index in [1.807, 2.05) is 11.6 Å². The summed E-state index contributed by atoms with van der Waals surface area (Å²) in [5.41, 5.74) is 0. The normalized spacial score (nSPS) is 12.9. The van der Waals surface area contributed by atoms with Crippen LogP contribution in [0.3, 0.4) is 0 Å². The highest BCUT2D eigenvalue weighted by atomic mass is 35.5. The van der Waals surface area contributed by atoms with Crippen LogP contribution in [0, 0.1) is 0 Å². The van der Waals surface area contributed by atoms with E-state index in [-0.39, 0.29) is 0 Å². The van der Waals surface area contributed by atoms with Crippen LogP contribution in [-0.2, 0) is 6.54 Å². The van der Waals surface area contributed by atoms with Crippen molar-refractivity contribution in [2.75, 3.05) is 6.54 Å². The zero-order valence-electron chi connectivity index (χ0n) is 8.81. The molecule has 2 aromatic rings. The average molecular weight is 274 g/mol. The lowest BCUT2D eigenvalue weighted by atomic mass is 10.2. The molecule has 1 atom stereocenters. The zero-order valence-corrected chi connectivity index (χ0v) is 11.2. The van der Waals surface area contributed by atoms with E-state index in [9.17, 15) is 0 Å². The molecule has 1 unspecified atom stereocenters. The highest BCUT2D eigenvalue weighted by molar-refractivity contribution is 7.15. The minimum absolute atomic E-state index is 0.440. The van der Waals surface area contributed by atoms with E-state index in [2.05, 4.69) is 22.2 Å². The Kier molecular flexibility index (Phi) is 4.29. The van der Waals surface area contributed by atoms with Gasteiger partial charge in [-0.25, -0.2) is 9.97 Å². The molecule has 1 N–H and O–H groups in total. The first-order valence-corrected chi connectivity index (χ1v) is 7.03. The van der Waals surface area contributed by atoms with Crippen LogP contribution in [0.15, 0.2) is 17.8 Å². The van der Waals surface area contributed by atoms with Crippen LogP contribution >= 0.6 is 34.3 Å². The maximum absolute atomic E-state index is 5.80. The molecule has 0 fully saturated rings. The molecule has 86 valence electrons. The summed E-state index contributed by atoms with van der Waals surface area (Å²) in [7, 11) is 0. The Bertz CT molecular complexity index is 427. The SMILES string of the molecule is CC(CNCc1ncc(Cl)s1)c1nccs1. The van der Waals surface area contributed by atoms with Crippen molar-refractivity contribution < 1.29 is 0 Å². The fourth-order valence-electron chi connectivity index (χ4n) is 1.33. The summed E-state index contributed by atoms with van der Waals surface area (Å²) in [6, 6.07) is 0. The van der Waals surface area contributed by atoms with Gasteiger partial charge in [0.15, 0.2) is 0 Å². The summed E-state index contributed by atoms with van der Waals surface area (Å²) in [5, 5.41) is 7.56. The van der Waals surface area contributed by atoms with E-state index in [0.29, 0.717) is 5.92 Å². The van der Waals surface area contributed by atoms with Gasteiger partial charge in [-0.1, -0.05) is 18.5 Å². The second kappa shape index (κ2) is 5.72. The van der Waals surface area contributed by atoms with Crippen LogP contribution < -0.4 is 5.32 Å². The molecular weight excluding hydrogens is 262 g/mol. The largest absolute Gasteiger partial charge is 0.310 e. The summed E-state index contributed by atoms with van der Waals surface area (Å²) < 4.78 is 0.741. The van der Waals surface area contributed by atoms with E-state index in [1.165, 1.54) is 16.3 Å². The van der Waals surface area contributed by atoms with E-state index < -0.39 is 0 Å². The molecule has 3 nitrogen and oxygen atoms in total. The van der Waals surface area contributed by atoms with Crippen molar-refractivity contribution >= 4 is 34.3 Å². The third-order valence-electron chi connectivity index (χ3n) is 2.13. The lowest BCUT2D eigenvalue weighted by Gasteiger charge is -2.08. The molecule has 0 radical (unpaired) electrons. The number of hydrogen-bond donors (Lipinski definition) is 1. The average Bonchev–Trinajstić information content (AvgIpc) is 2.89. The first kappa shape index (κ1) is 12.0. The van der Waals surface area contributed by atoms with Gasteiger partial charge in [0.05, 0.1) is 11.2 Å². The second-order valence-electron chi connectivity index (χ2n) is 3.46. The molecule has 2 rings (SSSR count). The van der Waals surface area contributed by atoms with Gasteiger partial charge < -0.3 is 5.32 Å². The molecule has 6 heteroatoms. The van der Waals surface area contributed by atoms with Gasteiger partial charge in [-0.15, -0.1) is 22.7 Å². The number of hydrogen-bond acceptors (Lipinski definition) is 5. The predicted molar refractivity (Wildman–Crippen MR) is 69.4 cm³/mol. The maximum atomic E-state index is 5.80. The summed E-state index contributed by atoms with van der Waals surface area (Å²) in [6.07, 6.45) is 3.53. The van der Waals surface area contributed by atoms with Crippen molar-refractivity contribution in [3.8, 4) is 0 Å². The number of aromatic nitrogens is 2. The van der Waals surface area contributed by atoms with Crippen molar-refractivity contribution in [1.82, 2.24) is 15.3 Å². The molecule has 0 aliphatic rings. The molecule has 0 aromatic carbocycles. The lowest BCUT2D eigenvalue weighted by Crippen LogP contribution is -2.19. The van der Waals surface area contributed by atoms with Crippen LogP contribution in [0.1, 0.15) is 22.9 Å². The summed E-state index contributed by atoms with van der Waals surface area (Å²) in [5.74, 6) is 0.440. The van der Waals surface area contributed by atoms with Crippen LogP contribution in [0.4, 0.5) is 0 Å². The Balaban J connectivity index is 1.76. The predicted octanol–water partition coefficient (Wildman–Crippen LogP) is 3.15. The number of nitrogens with one attached hydrogen (secondary N) is 1. The van der Waals surface area contributed by atoms with Gasteiger partial charge in [0, 0.05) is 30.6 Å². The number of rotatable bonds is 5. The molecule has 0 saturated carbocycles.